The number of aliphatic hydroxyl groups is 1. The number of anilines is 2. The van der Waals surface area contributed by atoms with E-state index in [2.05, 4.69) is 9.27 Å². The Morgan fingerprint density at radius 2 is 2.42 bits per heavy atom. The number of nitrogen functional groups attached to an aromatic ring is 1. The number of rotatable bonds is 3. The highest BCUT2D eigenvalue weighted by Gasteiger charge is 2.30. The first-order valence-corrected chi connectivity index (χ1v) is 7.17. The quantitative estimate of drug-likeness (QED) is 0.809. The molecule has 106 valence electrons. The molecule has 1 saturated heterocycles. The lowest BCUT2D eigenvalue weighted by atomic mass is 9.97. The number of hydrogen-bond acceptors (Lipinski definition) is 7. The van der Waals surface area contributed by atoms with Crippen LogP contribution in [0.1, 0.15) is 30.6 Å². The average molecular weight is 285 g/mol. The molecular formula is C12H19N3O3S. The van der Waals surface area contributed by atoms with E-state index in [9.17, 15) is 9.90 Å². The Morgan fingerprint density at radius 1 is 1.68 bits per heavy atom. The fraction of sp³-hybridized carbons (Fsp3) is 0.667. The second-order valence-corrected chi connectivity index (χ2v) is 5.50. The summed E-state index contributed by atoms with van der Waals surface area (Å²) in [7, 11) is 0. The minimum absolute atomic E-state index is 0.159. The maximum atomic E-state index is 11.9. The summed E-state index contributed by atoms with van der Waals surface area (Å²) in [4.78, 5) is 14.0. The summed E-state index contributed by atoms with van der Waals surface area (Å²) in [5, 5.41) is 10.5. The molecule has 1 aromatic rings. The summed E-state index contributed by atoms with van der Waals surface area (Å²) in [5.74, 6) is -0.0492. The van der Waals surface area contributed by atoms with Crippen LogP contribution in [0.5, 0.6) is 0 Å². The van der Waals surface area contributed by atoms with Gasteiger partial charge in [-0.3, -0.25) is 0 Å². The number of hydrogen-bond donors (Lipinski definition) is 2. The average Bonchev–Trinajstić information content (AvgIpc) is 2.75. The van der Waals surface area contributed by atoms with Gasteiger partial charge in [0.2, 0.25) is 0 Å². The third-order valence-electron chi connectivity index (χ3n) is 3.33. The zero-order valence-corrected chi connectivity index (χ0v) is 11.9. The number of nitrogens with zero attached hydrogens (tertiary/aromatic N) is 2. The van der Waals surface area contributed by atoms with Crippen LogP contribution in [0.25, 0.3) is 0 Å². The Morgan fingerprint density at radius 3 is 3.05 bits per heavy atom. The van der Waals surface area contributed by atoms with Crippen molar-refractivity contribution in [1.29, 1.82) is 0 Å². The third kappa shape index (κ3) is 2.82. The Kier molecular flexibility index (Phi) is 4.26. The lowest BCUT2D eigenvalue weighted by Crippen LogP contribution is -2.42. The van der Waals surface area contributed by atoms with E-state index in [4.69, 9.17) is 10.5 Å². The van der Waals surface area contributed by atoms with E-state index >= 15 is 0 Å². The van der Waals surface area contributed by atoms with Crippen LogP contribution in [0.2, 0.25) is 0 Å². The second-order valence-electron chi connectivity index (χ2n) is 4.75. The Hall–Kier alpha value is -1.34. The van der Waals surface area contributed by atoms with Crippen LogP contribution >= 0.6 is 11.5 Å². The van der Waals surface area contributed by atoms with Gasteiger partial charge >= 0.3 is 5.97 Å². The van der Waals surface area contributed by atoms with Gasteiger partial charge in [0.1, 0.15) is 10.6 Å². The maximum Gasteiger partial charge on any atom is 0.345 e. The summed E-state index contributed by atoms with van der Waals surface area (Å²) in [6, 6.07) is 0. The van der Waals surface area contributed by atoms with E-state index in [1.807, 2.05) is 6.92 Å². The topological polar surface area (TPSA) is 88.7 Å². The van der Waals surface area contributed by atoms with Gasteiger partial charge < -0.3 is 20.5 Å². The molecule has 2 rings (SSSR count). The molecule has 0 saturated carbocycles. The number of aliphatic hydroxyl groups excluding tert-OH is 1. The normalized spacial score (nSPS) is 23.4. The van der Waals surface area contributed by atoms with E-state index in [1.165, 1.54) is 11.5 Å². The van der Waals surface area contributed by atoms with Gasteiger partial charge in [0, 0.05) is 13.1 Å². The number of esters is 1. The minimum atomic E-state index is -0.428. The number of aromatic nitrogens is 1. The molecule has 1 fully saturated rings. The highest BCUT2D eigenvalue weighted by molar-refractivity contribution is 7.11. The van der Waals surface area contributed by atoms with Crippen LogP contribution in [0.4, 0.5) is 10.8 Å². The fourth-order valence-electron chi connectivity index (χ4n) is 2.22. The lowest BCUT2D eigenvalue weighted by molar-refractivity contribution is 0.0528. The second kappa shape index (κ2) is 5.75. The molecule has 0 radical (unpaired) electrons. The molecule has 0 aromatic carbocycles. The van der Waals surface area contributed by atoms with E-state index in [0.29, 0.717) is 31.7 Å². The molecule has 6 nitrogen and oxygen atoms in total. The molecule has 1 aliphatic heterocycles. The fourth-order valence-corrected chi connectivity index (χ4v) is 3.06. The smallest absolute Gasteiger partial charge is 0.345 e. The predicted octanol–water partition coefficient (Wildman–Crippen LogP) is 1.11. The Balaban J connectivity index is 2.23. The first kappa shape index (κ1) is 14.1. The summed E-state index contributed by atoms with van der Waals surface area (Å²) in [6.45, 7) is 5.44. The van der Waals surface area contributed by atoms with Crippen LogP contribution in [-0.4, -0.2) is 41.2 Å². The van der Waals surface area contributed by atoms with Crippen molar-refractivity contribution in [3.05, 3.63) is 5.56 Å². The first-order chi connectivity index (χ1) is 9.04. The number of carbonyl (C=O) groups is 1. The van der Waals surface area contributed by atoms with Crippen molar-refractivity contribution in [1.82, 2.24) is 4.37 Å². The number of nitrogens with two attached hydrogens (primary N) is 1. The van der Waals surface area contributed by atoms with E-state index < -0.39 is 5.97 Å². The number of piperidine rings is 1. The van der Waals surface area contributed by atoms with E-state index in [0.717, 1.165) is 5.00 Å². The predicted molar refractivity (Wildman–Crippen MR) is 74.5 cm³/mol. The molecule has 0 aliphatic carbocycles. The Labute approximate surface area is 116 Å². The summed E-state index contributed by atoms with van der Waals surface area (Å²) >= 11 is 1.21. The van der Waals surface area contributed by atoms with Gasteiger partial charge in [0.05, 0.1) is 12.7 Å². The summed E-state index contributed by atoms with van der Waals surface area (Å²) in [6.07, 6.45) is 0.397. The summed E-state index contributed by atoms with van der Waals surface area (Å²) in [5.41, 5.74) is 6.12. The molecule has 0 bridgehead atoms. The molecule has 19 heavy (non-hydrogen) atoms. The van der Waals surface area contributed by atoms with Crippen molar-refractivity contribution in [2.45, 2.75) is 26.4 Å². The van der Waals surface area contributed by atoms with Gasteiger partial charge in [-0.25, -0.2) is 4.79 Å². The molecule has 0 spiro atoms. The van der Waals surface area contributed by atoms with Gasteiger partial charge in [0.25, 0.3) is 0 Å². The zero-order valence-electron chi connectivity index (χ0n) is 11.1. The standard InChI is InChI=1S/C12H19N3O3S/c1-3-18-12(17)9-10(13)14-19-11(9)15-5-4-8(16)7(2)6-15/h7-8,16H,3-6H2,1-2H3,(H2,13,14). The monoisotopic (exact) mass is 285 g/mol. The molecule has 2 atom stereocenters. The van der Waals surface area contributed by atoms with Crippen molar-refractivity contribution >= 4 is 28.3 Å². The van der Waals surface area contributed by atoms with Crippen molar-refractivity contribution in [3.8, 4) is 0 Å². The van der Waals surface area contributed by atoms with Gasteiger partial charge in [-0.15, -0.1) is 0 Å². The molecule has 2 unspecified atom stereocenters. The molecule has 2 heterocycles. The molecule has 1 aliphatic rings. The molecular weight excluding hydrogens is 266 g/mol. The van der Waals surface area contributed by atoms with Crippen LogP contribution < -0.4 is 10.6 Å². The SMILES string of the molecule is CCOC(=O)c1c(N)nsc1N1CCC(O)C(C)C1. The van der Waals surface area contributed by atoms with Crippen molar-refractivity contribution in [3.63, 3.8) is 0 Å². The highest BCUT2D eigenvalue weighted by Crippen LogP contribution is 2.34. The minimum Gasteiger partial charge on any atom is -0.462 e. The van der Waals surface area contributed by atoms with E-state index in [-0.39, 0.29) is 17.8 Å². The molecule has 3 N–H and O–H groups in total. The largest absolute Gasteiger partial charge is 0.462 e. The van der Waals surface area contributed by atoms with Crippen molar-refractivity contribution in [2.75, 3.05) is 30.3 Å². The maximum absolute atomic E-state index is 11.9. The van der Waals surface area contributed by atoms with Gasteiger partial charge in [-0.2, -0.15) is 4.37 Å². The highest BCUT2D eigenvalue weighted by atomic mass is 32.1. The van der Waals surface area contributed by atoms with Crippen LogP contribution in [0, 0.1) is 5.92 Å². The number of ether oxygens (including phenoxy) is 1. The summed E-state index contributed by atoms with van der Waals surface area (Å²) < 4.78 is 9.07. The van der Waals surface area contributed by atoms with Crippen LogP contribution in [-0.2, 0) is 4.74 Å². The van der Waals surface area contributed by atoms with Crippen molar-refractivity contribution in [2.24, 2.45) is 5.92 Å². The number of carbonyl (C=O) groups excluding carboxylic acids is 1. The van der Waals surface area contributed by atoms with Gasteiger partial charge in [-0.1, -0.05) is 6.92 Å². The van der Waals surface area contributed by atoms with Crippen molar-refractivity contribution < 1.29 is 14.6 Å². The van der Waals surface area contributed by atoms with Gasteiger partial charge in [-0.05, 0) is 30.8 Å². The van der Waals surface area contributed by atoms with Crippen LogP contribution in [0.15, 0.2) is 0 Å². The zero-order chi connectivity index (χ0) is 14.0. The third-order valence-corrected chi connectivity index (χ3v) is 4.25. The lowest BCUT2D eigenvalue weighted by Gasteiger charge is -2.35. The van der Waals surface area contributed by atoms with Crippen LogP contribution in [0.3, 0.4) is 0 Å². The molecule has 7 heteroatoms. The first-order valence-electron chi connectivity index (χ1n) is 6.39. The van der Waals surface area contributed by atoms with E-state index in [1.54, 1.807) is 6.92 Å². The molecule has 0 amide bonds. The Bertz CT molecular complexity index is 463. The van der Waals surface area contributed by atoms with Gasteiger partial charge in [0.15, 0.2) is 5.82 Å². The molecule has 1 aromatic heterocycles.